The lowest BCUT2D eigenvalue weighted by Crippen LogP contribution is -2.48. The summed E-state index contributed by atoms with van der Waals surface area (Å²) >= 11 is 0. The fraction of sp³-hybridized carbons (Fsp3) is 0.923. The van der Waals surface area contributed by atoms with Gasteiger partial charge in [-0.25, -0.2) is 9.79 Å². The Morgan fingerprint density at radius 2 is 1.81 bits per heavy atom. The minimum atomic E-state index is -2.01. The zero-order chi connectivity index (χ0) is 16.0. The zero-order valence-corrected chi connectivity index (χ0v) is 14.6. The van der Waals surface area contributed by atoms with Crippen molar-refractivity contribution in [3.8, 4) is 0 Å². The first-order valence-electron chi connectivity index (χ1n) is 7.27. The average molecular weight is 321 g/mol. The standard InChI is InChI=1S/C13H27NO6Si/c1-5-17-11-13(18-6-2,19-7-3)20-21(16-4)10-8-9-14-12-15/h21H,5-11H2,1-4H3. The van der Waals surface area contributed by atoms with Crippen molar-refractivity contribution in [2.45, 2.75) is 39.2 Å². The maximum Gasteiger partial charge on any atom is 0.326 e. The maximum atomic E-state index is 10.0. The van der Waals surface area contributed by atoms with Gasteiger partial charge < -0.3 is 23.1 Å². The van der Waals surface area contributed by atoms with E-state index in [9.17, 15) is 4.79 Å². The molecule has 124 valence electrons. The highest BCUT2D eigenvalue weighted by atomic mass is 28.3. The van der Waals surface area contributed by atoms with Crippen LogP contribution in [0.4, 0.5) is 0 Å². The number of hydrogen-bond acceptors (Lipinski definition) is 7. The molecular formula is C13H27NO6Si. The lowest BCUT2D eigenvalue weighted by Gasteiger charge is -2.34. The molecule has 0 aromatic heterocycles. The molecule has 0 aromatic carbocycles. The van der Waals surface area contributed by atoms with E-state index >= 15 is 0 Å². The lowest BCUT2D eigenvalue weighted by molar-refractivity contribution is -0.363. The van der Waals surface area contributed by atoms with Gasteiger partial charge in [0.1, 0.15) is 6.61 Å². The van der Waals surface area contributed by atoms with Crippen molar-refractivity contribution in [3.63, 3.8) is 0 Å². The molecule has 0 heterocycles. The molecule has 0 aliphatic carbocycles. The van der Waals surface area contributed by atoms with Gasteiger partial charge in [-0.3, -0.25) is 0 Å². The van der Waals surface area contributed by atoms with Crippen molar-refractivity contribution < 1.29 is 27.9 Å². The molecule has 0 saturated heterocycles. The Morgan fingerprint density at radius 1 is 1.14 bits per heavy atom. The Balaban J connectivity index is 4.65. The summed E-state index contributed by atoms with van der Waals surface area (Å²) in [6.45, 7) is 7.65. The second kappa shape index (κ2) is 13.1. The molecular weight excluding hydrogens is 294 g/mol. The number of nitrogens with zero attached hydrogens (tertiary/aromatic N) is 1. The molecule has 21 heavy (non-hydrogen) atoms. The van der Waals surface area contributed by atoms with Crippen LogP contribution in [0.1, 0.15) is 27.2 Å². The molecule has 0 spiro atoms. The van der Waals surface area contributed by atoms with Gasteiger partial charge in [-0.2, -0.15) is 0 Å². The number of rotatable bonds is 14. The summed E-state index contributed by atoms with van der Waals surface area (Å²) in [7, 11) is -0.406. The van der Waals surface area contributed by atoms with Crippen molar-refractivity contribution in [1.82, 2.24) is 0 Å². The van der Waals surface area contributed by atoms with Crippen LogP contribution in [0.2, 0.25) is 6.04 Å². The fourth-order valence-electron chi connectivity index (χ4n) is 1.70. The molecule has 0 aliphatic rings. The fourth-order valence-corrected chi connectivity index (χ4v) is 3.27. The molecule has 1 unspecified atom stereocenters. The summed E-state index contributed by atoms with van der Waals surface area (Å²) in [5, 5.41) is 0. The van der Waals surface area contributed by atoms with E-state index in [-0.39, 0.29) is 6.61 Å². The minimum absolute atomic E-state index is 0.185. The second-order valence-electron chi connectivity index (χ2n) is 4.08. The molecule has 0 bridgehead atoms. The molecule has 0 fully saturated rings. The summed E-state index contributed by atoms with van der Waals surface area (Å²) < 4.78 is 28.1. The quantitative estimate of drug-likeness (QED) is 0.158. The molecule has 0 radical (unpaired) electrons. The van der Waals surface area contributed by atoms with E-state index in [0.717, 1.165) is 0 Å². The number of isocyanates is 1. The van der Waals surface area contributed by atoms with Crippen molar-refractivity contribution in [3.05, 3.63) is 0 Å². The molecule has 0 N–H and O–H groups in total. The van der Waals surface area contributed by atoms with Crippen LogP contribution >= 0.6 is 0 Å². The van der Waals surface area contributed by atoms with E-state index in [1.807, 2.05) is 20.8 Å². The smallest absolute Gasteiger partial charge is 0.326 e. The van der Waals surface area contributed by atoms with Crippen LogP contribution in [0.25, 0.3) is 0 Å². The van der Waals surface area contributed by atoms with E-state index in [4.69, 9.17) is 23.1 Å². The first-order chi connectivity index (χ1) is 10.2. The van der Waals surface area contributed by atoms with Gasteiger partial charge in [0.25, 0.3) is 5.97 Å². The highest BCUT2D eigenvalue weighted by Gasteiger charge is 2.37. The van der Waals surface area contributed by atoms with Crippen LogP contribution < -0.4 is 0 Å². The first-order valence-corrected chi connectivity index (χ1v) is 9.03. The van der Waals surface area contributed by atoms with Crippen molar-refractivity contribution >= 4 is 15.4 Å². The van der Waals surface area contributed by atoms with Crippen molar-refractivity contribution in [2.75, 3.05) is 40.1 Å². The van der Waals surface area contributed by atoms with Gasteiger partial charge >= 0.3 is 9.28 Å². The molecule has 0 aliphatic heterocycles. The third-order valence-electron chi connectivity index (χ3n) is 2.56. The molecule has 7 nitrogen and oxygen atoms in total. The van der Waals surface area contributed by atoms with Gasteiger partial charge in [-0.05, 0) is 33.2 Å². The van der Waals surface area contributed by atoms with Crippen LogP contribution in [0.5, 0.6) is 0 Å². The SMILES string of the molecule is CCOCC(OCC)(OCC)O[SiH](CCCN=C=O)OC. The maximum absolute atomic E-state index is 10.0. The summed E-state index contributed by atoms with van der Waals surface area (Å²) in [6.07, 6.45) is 2.21. The largest absolute Gasteiger partial charge is 0.400 e. The number of ether oxygens (including phenoxy) is 3. The summed E-state index contributed by atoms with van der Waals surface area (Å²) in [4.78, 5) is 13.6. The van der Waals surface area contributed by atoms with Gasteiger partial charge in [-0.15, -0.1) is 0 Å². The molecule has 0 saturated carbocycles. The van der Waals surface area contributed by atoms with Crippen molar-refractivity contribution in [1.29, 1.82) is 0 Å². The van der Waals surface area contributed by atoms with Crippen LogP contribution in [-0.2, 0) is 27.9 Å². The Kier molecular flexibility index (Phi) is 12.7. The molecule has 0 rings (SSSR count). The van der Waals surface area contributed by atoms with Crippen LogP contribution in [0.3, 0.4) is 0 Å². The van der Waals surface area contributed by atoms with Crippen molar-refractivity contribution in [2.24, 2.45) is 4.99 Å². The second-order valence-corrected chi connectivity index (χ2v) is 6.23. The van der Waals surface area contributed by atoms with E-state index < -0.39 is 15.3 Å². The van der Waals surface area contributed by atoms with Gasteiger partial charge in [-0.1, -0.05) is 0 Å². The molecule has 8 heteroatoms. The first kappa shape index (κ1) is 20.4. The van der Waals surface area contributed by atoms with Crippen LogP contribution in [0.15, 0.2) is 4.99 Å². The molecule has 0 amide bonds. The third kappa shape index (κ3) is 9.10. The van der Waals surface area contributed by atoms with Gasteiger partial charge in [0, 0.05) is 26.9 Å². The third-order valence-corrected chi connectivity index (χ3v) is 4.59. The lowest BCUT2D eigenvalue weighted by atomic mass is 10.5. The van der Waals surface area contributed by atoms with E-state index in [0.29, 0.717) is 38.8 Å². The van der Waals surface area contributed by atoms with Gasteiger partial charge in [0.05, 0.1) is 6.54 Å². The Hall–Kier alpha value is -0.603. The predicted molar refractivity (Wildman–Crippen MR) is 80.1 cm³/mol. The summed E-state index contributed by atoms with van der Waals surface area (Å²) in [5.74, 6) is -1.22. The summed E-state index contributed by atoms with van der Waals surface area (Å²) in [6, 6.07) is 0.690. The van der Waals surface area contributed by atoms with Crippen LogP contribution in [-0.4, -0.2) is 61.4 Å². The van der Waals surface area contributed by atoms with Gasteiger partial charge in [0.15, 0.2) is 0 Å². The summed E-state index contributed by atoms with van der Waals surface area (Å²) in [5.41, 5.74) is 0. The number of aliphatic imine (C=N–C) groups is 1. The van der Waals surface area contributed by atoms with Crippen LogP contribution in [0, 0.1) is 0 Å². The number of carbonyl (C=O) groups excluding carboxylic acids is 1. The van der Waals surface area contributed by atoms with E-state index in [1.165, 1.54) is 6.08 Å². The topological polar surface area (TPSA) is 75.6 Å². The van der Waals surface area contributed by atoms with E-state index in [2.05, 4.69) is 4.99 Å². The zero-order valence-electron chi connectivity index (χ0n) is 13.4. The Bertz CT molecular complexity index is 292. The molecule has 0 aromatic rings. The van der Waals surface area contributed by atoms with E-state index in [1.54, 1.807) is 7.11 Å². The monoisotopic (exact) mass is 321 g/mol. The Labute approximate surface area is 128 Å². The average Bonchev–Trinajstić information content (AvgIpc) is 2.49. The predicted octanol–water partition coefficient (Wildman–Crippen LogP) is 1.36. The number of hydrogen-bond donors (Lipinski definition) is 0. The normalized spacial score (nSPS) is 13.0. The highest BCUT2D eigenvalue weighted by Crippen LogP contribution is 2.20. The highest BCUT2D eigenvalue weighted by molar-refractivity contribution is 6.44. The minimum Gasteiger partial charge on any atom is -0.400 e. The van der Waals surface area contributed by atoms with Gasteiger partial charge in [0.2, 0.25) is 6.08 Å². The Morgan fingerprint density at radius 3 is 2.29 bits per heavy atom. The molecule has 1 atom stereocenters.